The van der Waals surface area contributed by atoms with Crippen LogP contribution in [0, 0.1) is 6.92 Å². The lowest BCUT2D eigenvalue weighted by atomic mass is 10.1. The Morgan fingerprint density at radius 1 is 1.38 bits per heavy atom. The summed E-state index contributed by atoms with van der Waals surface area (Å²) in [4.78, 5) is 15.8. The summed E-state index contributed by atoms with van der Waals surface area (Å²) in [5.74, 6) is 1.36. The van der Waals surface area contributed by atoms with E-state index in [1.807, 2.05) is 18.2 Å². The van der Waals surface area contributed by atoms with Crippen molar-refractivity contribution >= 4 is 11.3 Å². The molecule has 0 radical (unpaired) electrons. The molecule has 0 saturated carbocycles. The first-order valence-corrected chi connectivity index (χ1v) is 6.59. The van der Waals surface area contributed by atoms with Crippen molar-refractivity contribution in [2.45, 2.75) is 20.3 Å². The largest absolute Gasteiger partial charge is 0.437 e. The van der Waals surface area contributed by atoms with Crippen molar-refractivity contribution in [1.29, 1.82) is 0 Å². The fourth-order valence-corrected chi connectivity index (χ4v) is 2.15. The average molecular weight is 285 g/mol. The van der Waals surface area contributed by atoms with E-state index < -0.39 is 0 Å². The van der Waals surface area contributed by atoms with Gasteiger partial charge in [-0.1, -0.05) is 13.0 Å². The lowest BCUT2D eigenvalue weighted by Gasteiger charge is -2.09. The van der Waals surface area contributed by atoms with Crippen molar-refractivity contribution in [3.8, 4) is 11.6 Å². The molecule has 21 heavy (non-hydrogen) atoms. The van der Waals surface area contributed by atoms with Gasteiger partial charge in [0.2, 0.25) is 5.88 Å². The fraction of sp³-hybridized carbons (Fsp3) is 0.214. The molecular weight excluding hydrogens is 270 g/mol. The Labute approximate surface area is 120 Å². The Morgan fingerprint density at radius 2 is 2.19 bits per heavy atom. The molecule has 0 aliphatic rings. The van der Waals surface area contributed by atoms with Gasteiger partial charge < -0.3 is 10.5 Å². The number of nitrogen functional groups attached to an aromatic ring is 1. The van der Waals surface area contributed by atoms with Crippen LogP contribution in [0.3, 0.4) is 0 Å². The summed E-state index contributed by atoms with van der Waals surface area (Å²) in [6.07, 6.45) is 0.907. The molecule has 2 aromatic heterocycles. The molecular formula is C14H15N5O2. The van der Waals surface area contributed by atoms with Crippen molar-refractivity contribution in [2.24, 2.45) is 0 Å². The molecule has 7 nitrogen and oxygen atoms in total. The number of fused-ring (bicyclic) bond motifs is 1. The minimum absolute atomic E-state index is 0.326. The van der Waals surface area contributed by atoms with Gasteiger partial charge in [-0.05, 0) is 31.0 Å². The Balaban J connectivity index is 2.00. The topological polar surface area (TPSA) is 98.3 Å². The van der Waals surface area contributed by atoms with Crippen LogP contribution in [-0.4, -0.2) is 19.6 Å². The van der Waals surface area contributed by atoms with Gasteiger partial charge in [-0.25, -0.2) is 14.3 Å². The first-order chi connectivity index (χ1) is 10.1. The summed E-state index contributed by atoms with van der Waals surface area (Å²) >= 11 is 0. The van der Waals surface area contributed by atoms with Crippen LogP contribution in [0.25, 0.3) is 5.65 Å². The Hall–Kier alpha value is -2.83. The van der Waals surface area contributed by atoms with E-state index in [-0.39, 0.29) is 5.69 Å². The Kier molecular flexibility index (Phi) is 3.09. The van der Waals surface area contributed by atoms with Gasteiger partial charge in [0.05, 0.1) is 5.69 Å². The first-order valence-electron chi connectivity index (χ1n) is 6.59. The zero-order chi connectivity index (χ0) is 15.0. The molecule has 0 atom stereocenters. The molecule has 3 N–H and O–H groups in total. The number of rotatable bonds is 3. The quantitative estimate of drug-likeness (QED) is 0.713. The van der Waals surface area contributed by atoms with Crippen molar-refractivity contribution in [2.75, 3.05) is 5.73 Å². The number of ether oxygens (including phenoxy) is 1. The number of aromatic nitrogens is 4. The van der Waals surface area contributed by atoms with Crippen LogP contribution in [0.4, 0.5) is 5.69 Å². The second kappa shape index (κ2) is 4.93. The first kappa shape index (κ1) is 13.2. The van der Waals surface area contributed by atoms with Gasteiger partial charge in [-0.15, -0.1) is 0 Å². The minimum Gasteiger partial charge on any atom is -0.437 e. The van der Waals surface area contributed by atoms with E-state index in [4.69, 9.17) is 10.5 Å². The number of H-pyrrole nitrogens is 1. The third kappa shape index (κ3) is 2.33. The number of hydrogen-bond acceptors (Lipinski definition) is 5. The number of aryl methyl sites for hydroxylation is 2. The number of aromatic amines is 1. The highest BCUT2D eigenvalue weighted by atomic mass is 16.5. The third-order valence-electron chi connectivity index (χ3n) is 3.24. The van der Waals surface area contributed by atoms with Crippen LogP contribution in [0.2, 0.25) is 0 Å². The van der Waals surface area contributed by atoms with Crippen LogP contribution in [0.5, 0.6) is 11.6 Å². The van der Waals surface area contributed by atoms with Gasteiger partial charge in [0.1, 0.15) is 5.82 Å². The molecule has 0 fully saturated rings. The smallest absolute Gasteiger partial charge is 0.349 e. The van der Waals surface area contributed by atoms with Gasteiger partial charge in [0.15, 0.2) is 11.4 Å². The molecule has 3 rings (SSSR count). The van der Waals surface area contributed by atoms with E-state index in [1.54, 1.807) is 13.0 Å². The van der Waals surface area contributed by atoms with Gasteiger partial charge >= 0.3 is 5.69 Å². The molecule has 0 amide bonds. The lowest BCUT2D eigenvalue weighted by molar-refractivity contribution is 0.462. The average Bonchev–Trinajstić information content (AvgIpc) is 2.83. The molecule has 0 aliphatic heterocycles. The van der Waals surface area contributed by atoms with E-state index >= 15 is 0 Å². The van der Waals surface area contributed by atoms with Crippen LogP contribution in [0.1, 0.15) is 18.3 Å². The highest BCUT2D eigenvalue weighted by molar-refractivity contribution is 5.56. The number of nitrogens with one attached hydrogen (secondary N) is 1. The summed E-state index contributed by atoms with van der Waals surface area (Å²) in [6.45, 7) is 3.77. The maximum absolute atomic E-state index is 11.5. The van der Waals surface area contributed by atoms with Gasteiger partial charge in [-0.3, -0.25) is 0 Å². The normalized spacial score (nSPS) is 11.0. The van der Waals surface area contributed by atoms with Gasteiger partial charge in [0, 0.05) is 6.07 Å². The van der Waals surface area contributed by atoms with Crippen molar-refractivity contribution in [3.05, 3.63) is 46.1 Å². The van der Waals surface area contributed by atoms with Crippen LogP contribution in [0.15, 0.2) is 29.1 Å². The van der Waals surface area contributed by atoms with E-state index in [2.05, 4.69) is 22.1 Å². The highest BCUT2D eigenvalue weighted by Gasteiger charge is 2.10. The number of benzene rings is 1. The molecule has 0 saturated heterocycles. The van der Waals surface area contributed by atoms with E-state index in [0.29, 0.717) is 28.8 Å². The SMILES string of the molecule is CCc1ccc(Oc2cc3n[nH]c(=O)n3c(C)n2)c(N)c1. The zero-order valence-corrected chi connectivity index (χ0v) is 11.8. The molecule has 0 spiro atoms. The van der Waals surface area contributed by atoms with E-state index in [9.17, 15) is 4.79 Å². The molecule has 0 bridgehead atoms. The Bertz CT molecular complexity index is 865. The number of anilines is 1. The predicted molar refractivity (Wildman–Crippen MR) is 78.7 cm³/mol. The summed E-state index contributed by atoms with van der Waals surface area (Å²) in [5, 5.41) is 6.28. The van der Waals surface area contributed by atoms with Crippen LogP contribution >= 0.6 is 0 Å². The maximum atomic E-state index is 11.5. The number of nitrogens with zero attached hydrogens (tertiary/aromatic N) is 3. The molecule has 0 aliphatic carbocycles. The number of hydrogen-bond donors (Lipinski definition) is 2. The molecule has 7 heteroatoms. The Morgan fingerprint density at radius 3 is 2.90 bits per heavy atom. The molecule has 1 aromatic carbocycles. The number of nitrogens with two attached hydrogens (primary N) is 1. The predicted octanol–water partition coefficient (Wildman–Crippen LogP) is 1.66. The molecule has 3 aromatic rings. The summed E-state index contributed by atoms with van der Waals surface area (Å²) in [7, 11) is 0. The molecule has 2 heterocycles. The fourth-order valence-electron chi connectivity index (χ4n) is 2.15. The standard InChI is InChI=1S/C14H15N5O2/c1-3-9-4-5-11(10(15)6-9)21-13-7-12-17-18-14(20)19(12)8(2)16-13/h4-7H,3,15H2,1-2H3,(H,18,20). The van der Waals surface area contributed by atoms with Crippen molar-refractivity contribution in [1.82, 2.24) is 19.6 Å². The van der Waals surface area contributed by atoms with E-state index in [1.165, 1.54) is 4.40 Å². The van der Waals surface area contributed by atoms with Crippen molar-refractivity contribution < 1.29 is 4.74 Å². The molecule has 0 unspecified atom stereocenters. The molecule has 108 valence electrons. The second-order valence-electron chi connectivity index (χ2n) is 4.69. The lowest BCUT2D eigenvalue weighted by Crippen LogP contribution is -2.13. The second-order valence-corrected chi connectivity index (χ2v) is 4.69. The summed E-state index contributed by atoms with van der Waals surface area (Å²) in [6, 6.07) is 7.22. The highest BCUT2D eigenvalue weighted by Crippen LogP contribution is 2.27. The maximum Gasteiger partial charge on any atom is 0.349 e. The third-order valence-corrected chi connectivity index (χ3v) is 3.24. The van der Waals surface area contributed by atoms with Crippen LogP contribution < -0.4 is 16.2 Å². The minimum atomic E-state index is -0.326. The summed E-state index contributed by atoms with van der Waals surface area (Å²) in [5.41, 5.74) is 7.78. The van der Waals surface area contributed by atoms with Crippen LogP contribution in [-0.2, 0) is 6.42 Å². The van der Waals surface area contributed by atoms with E-state index in [0.717, 1.165) is 12.0 Å². The van der Waals surface area contributed by atoms with Gasteiger partial charge in [-0.2, -0.15) is 10.1 Å². The zero-order valence-electron chi connectivity index (χ0n) is 11.8. The van der Waals surface area contributed by atoms with Gasteiger partial charge in [0.25, 0.3) is 0 Å². The summed E-state index contributed by atoms with van der Waals surface area (Å²) < 4.78 is 7.07. The monoisotopic (exact) mass is 285 g/mol. The van der Waals surface area contributed by atoms with Crippen molar-refractivity contribution in [3.63, 3.8) is 0 Å².